The van der Waals surface area contributed by atoms with Gasteiger partial charge in [-0.25, -0.2) is 4.68 Å². The van der Waals surface area contributed by atoms with E-state index in [9.17, 15) is 0 Å². The van der Waals surface area contributed by atoms with Crippen molar-refractivity contribution >= 4 is 0 Å². The van der Waals surface area contributed by atoms with Crippen LogP contribution >= 0.6 is 0 Å². The Kier molecular flexibility index (Phi) is 9.20. The lowest BCUT2D eigenvalue weighted by molar-refractivity contribution is -0.114. The molecule has 0 aliphatic rings. The maximum Gasteiger partial charge on any atom is 0.180 e. The molecule has 0 fully saturated rings. The second kappa shape index (κ2) is 10.6. The molecule has 24 heavy (non-hydrogen) atoms. The van der Waals surface area contributed by atoms with Gasteiger partial charge in [-0.2, -0.15) is 0 Å². The van der Waals surface area contributed by atoms with Gasteiger partial charge in [0.2, 0.25) is 0 Å². The molecular weight excluding hydrogens is 312 g/mol. The predicted octanol–water partition coefficient (Wildman–Crippen LogP) is 2.41. The van der Waals surface area contributed by atoms with E-state index < -0.39 is 0 Å². The molecular formula is C16H32N4O4. The lowest BCUT2D eigenvalue weighted by Crippen LogP contribution is -2.41. The van der Waals surface area contributed by atoms with Crippen LogP contribution in [0.3, 0.4) is 0 Å². The molecule has 0 radical (unpaired) electrons. The molecule has 0 spiro atoms. The molecule has 0 aromatic carbocycles. The molecule has 0 amide bonds. The third kappa shape index (κ3) is 5.14. The molecule has 0 aliphatic carbocycles. The number of hydrogen-bond acceptors (Lipinski definition) is 7. The SMILES string of the molecule is CCOC(C)c1nnc(C(C)OCC)n1N[C@@H](CC)C(OC)OC. The van der Waals surface area contributed by atoms with Gasteiger partial charge in [0.25, 0.3) is 0 Å². The van der Waals surface area contributed by atoms with Crippen LogP contribution in [-0.4, -0.2) is 54.6 Å². The quantitative estimate of drug-likeness (QED) is 0.583. The molecule has 2 unspecified atom stereocenters. The highest BCUT2D eigenvalue weighted by Gasteiger charge is 2.26. The van der Waals surface area contributed by atoms with Gasteiger partial charge in [-0.05, 0) is 34.1 Å². The lowest BCUT2D eigenvalue weighted by Gasteiger charge is -2.28. The van der Waals surface area contributed by atoms with Crippen molar-refractivity contribution in [2.45, 2.75) is 65.6 Å². The summed E-state index contributed by atoms with van der Waals surface area (Å²) in [6.45, 7) is 11.1. The van der Waals surface area contributed by atoms with Crippen molar-refractivity contribution in [3.8, 4) is 0 Å². The highest BCUT2D eigenvalue weighted by atomic mass is 16.7. The van der Waals surface area contributed by atoms with Gasteiger partial charge in [0, 0.05) is 27.4 Å². The second-order valence-corrected chi connectivity index (χ2v) is 5.43. The average molecular weight is 344 g/mol. The standard InChI is InChI=1S/C16H32N4O4/c1-8-13(16(21-6)22-7)19-20-14(11(4)23-9-2)17-18-15(20)12(5)24-10-3/h11-13,16,19H,8-10H2,1-7H3/t11?,12?,13-/m0/s1. The zero-order valence-corrected chi connectivity index (χ0v) is 15.9. The Labute approximate surface area is 144 Å². The largest absolute Gasteiger partial charge is 0.371 e. The third-order valence-electron chi connectivity index (χ3n) is 3.80. The highest BCUT2D eigenvalue weighted by Crippen LogP contribution is 2.21. The minimum Gasteiger partial charge on any atom is -0.371 e. The van der Waals surface area contributed by atoms with Crippen LogP contribution in [0.1, 0.15) is 64.9 Å². The summed E-state index contributed by atoms with van der Waals surface area (Å²) in [4.78, 5) is 0. The molecule has 0 saturated carbocycles. The van der Waals surface area contributed by atoms with E-state index in [1.54, 1.807) is 14.2 Å². The summed E-state index contributed by atoms with van der Waals surface area (Å²) >= 11 is 0. The van der Waals surface area contributed by atoms with Gasteiger partial charge in [-0.1, -0.05) is 6.92 Å². The van der Waals surface area contributed by atoms with E-state index in [1.165, 1.54) is 0 Å². The van der Waals surface area contributed by atoms with Crippen molar-refractivity contribution in [3.05, 3.63) is 11.6 Å². The second-order valence-electron chi connectivity index (χ2n) is 5.43. The summed E-state index contributed by atoms with van der Waals surface area (Å²) in [7, 11) is 3.25. The molecule has 0 bridgehead atoms. The summed E-state index contributed by atoms with van der Waals surface area (Å²) in [5.74, 6) is 1.39. The van der Waals surface area contributed by atoms with Gasteiger partial charge in [0.05, 0.1) is 6.04 Å². The van der Waals surface area contributed by atoms with E-state index in [0.717, 1.165) is 6.42 Å². The van der Waals surface area contributed by atoms with Crippen molar-refractivity contribution in [1.29, 1.82) is 0 Å². The van der Waals surface area contributed by atoms with Gasteiger partial charge >= 0.3 is 0 Å². The first-order valence-corrected chi connectivity index (χ1v) is 8.54. The molecule has 0 saturated heterocycles. The number of hydrogen-bond donors (Lipinski definition) is 1. The van der Waals surface area contributed by atoms with Gasteiger partial charge < -0.3 is 24.4 Å². The van der Waals surface area contributed by atoms with Crippen molar-refractivity contribution in [3.63, 3.8) is 0 Å². The van der Waals surface area contributed by atoms with Gasteiger partial charge in [0.1, 0.15) is 12.2 Å². The van der Waals surface area contributed by atoms with Crippen LogP contribution in [0.4, 0.5) is 0 Å². The molecule has 0 aliphatic heterocycles. The van der Waals surface area contributed by atoms with Crippen LogP contribution in [0.2, 0.25) is 0 Å². The normalized spacial score (nSPS) is 15.5. The highest BCUT2D eigenvalue weighted by molar-refractivity contribution is 5.06. The first-order chi connectivity index (χ1) is 11.5. The minimum atomic E-state index is -0.386. The van der Waals surface area contributed by atoms with Gasteiger partial charge in [0.15, 0.2) is 17.9 Å². The Hall–Kier alpha value is -1.22. The van der Waals surface area contributed by atoms with Crippen LogP contribution in [0.25, 0.3) is 0 Å². The fourth-order valence-electron chi connectivity index (χ4n) is 2.55. The summed E-state index contributed by atoms with van der Waals surface area (Å²) in [6, 6.07) is -0.0730. The lowest BCUT2D eigenvalue weighted by atomic mass is 10.2. The Morgan fingerprint density at radius 2 is 1.38 bits per heavy atom. The van der Waals surface area contributed by atoms with E-state index >= 15 is 0 Å². The molecule has 3 atom stereocenters. The Bertz CT molecular complexity index is 435. The smallest absolute Gasteiger partial charge is 0.180 e. The van der Waals surface area contributed by atoms with Crippen LogP contribution < -0.4 is 5.43 Å². The van der Waals surface area contributed by atoms with E-state index in [1.807, 2.05) is 32.4 Å². The zero-order chi connectivity index (χ0) is 18.1. The molecule has 1 N–H and O–H groups in total. The molecule has 1 rings (SSSR count). The molecule has 1 heterocycles. The van der Waals surface area contributed by atoms with Crippen molar-refractivity contribution < 1.29 is 18.9 Å². The van der Waals surface area contributed by atoms with E-state index in [-0.39, 0.29) is 24.5 Å². The third-order valence-corrected chi connectivity index (χ3v) is 3.80. The summed E-state index contributed by atoms with van der Waals surface area (Å²) in [5.41, 5.74) is 3.41. The van der Waals surface area contributed by atoms with Crippen LogP contribution in [0, 0.1) is 0 Å². The van der Waals surface area contributed by atoms with Gasteiger partial charge in [-0.15, -0.1) is 10.2 Å². The number of aromatic nitrogens is 3. The van der Waals surface area contributed by atoms with E-state index in [2.05, 4.69) is 22.5 Å². The van der Waals surface area contributed by atoms with Crippen molar-refractivity contribution in [2.75, 3.05) is 32.9 Å². The Balaban J connectivity index is 3.16. The molecule has 1 aromatic rings. The van der Waals surface area contributed by atoms with Crippen LogP contribution in [-0.2, 0) is 18.9 Å². The molecule has 8 nitrogen and oxygen atoms in total. The van der Waals surface area contributed by atoms with Crippen molar-refractivity contribution in [2.24, 2.45) is 0 Å². The van der Waals surface area contributed by atoms with Gasteiger partial charge in [-0.3, -0.25) is 0 Å². The Morgan fingerprint density at radius 1 is 0.917 bits per heavy atom. The molecule has 1 aromatic heterocycles. The summed E-state index contributed by atoms with van der Waals surface area (Å²) < 4.78 is 24.0. The predicted molar refractivity (Wildman–Crippen MR) is 91.3 cm³/mol. The van der Waals surface area contributed by atoms with E-state index in [0.29, 0.717) is 24.9 Å². The number of nitrogens with zero attached hydrogens (tertiary/aromatic N) is 3. The number of rotatable bonds is 12. The Morgan fingerprint density at radius 3 is 1.71 bits per heavy atom. The number of methoxy groups -OCH3 is 2. The zero-order valence-electron chi connectivity index (χ0n) is 15.9. The van der Waals surface area contributed by atoms with E-state index in [4.69, 9.17) is 18.9 Å². The minimum absolute atomic E-state index is 0.0730. The monoisotopic (exact) mass is 344 g/mol. The maximum atomic E-state index is 5.68. The summed E-state index contributed by atoms with van der Waals surface area (Å²) in [5, 5.41) is 8.60. The topological polar surface area (TPSA) is 79.7 Å². The van der Waals surface area contributed by atoms with Crippen LogP contribution in [0.5, 0.6) is 0 Å². The molecule has 8 heteroatoms. The fraction of sp³-hybridized carbons (Fsp3) is 0.875. The maximum absolute atomic E-state index is 5.68. The average Bonchev–Trinajstić information content (AvgIpc) is 2.99. The summed E-state index contributed by atoms with van der Waals surface area (Å²) in [6.07, 6.45) is 0.0234. The number of nitrogens with one attached hydrogen (secondary N) is 1. The molecule has 140 valence electrons. The first-order valence-electron chi connectivity index (χ1n) is 8.54. The van der Waals surface area contributed by atoms with Crippen LogP contribution in [0.15, 0.2) is 0 Å². The number of ether oxygens (including phenoxy) is 4. The fourth-order valence-corrected chi connectivity index (χ4v) is 2.55. The first kappa shape index (κ1) is 20.8. The van der Waals surface area contributed by atoms with Crippen molar-refractivity contribution in [1.82, 2.24) is 14.9 Å².